The van der Waals surface area contributed by atoms with Gasteiger partial charge < -0.3 is 4.90 Å². The molecule has 1 amide bonds. The molecule has 4 aromatic rings. The SMILES string of the molecule is O=C(c1nc(-c2cccs2)n(-c2ccc(F)cc2)n1)N1CCCc2ccccc21. The maximum absolute atomic E-state index is 13.4. The Morgan fingerprint density at radius 1 is 1.03 bits per heavy atom. The number of halogens is 1. The highest BCUT2D eigenvalue weighted by molar-refractivity contribution is 7.13. The largest absolute Gasteiger partial charge is 0.305 e. The van der Waals surface area contributed by atoms with Crippen molar-refractivity contribution < 1.29 is 9.18 Å². The highest BCUT2D eigenvalue weighted by Crippen LogP contribution is 2.29. The van der Waals surface area contributed by atoms with Gasteiger partial charge in [-0.25, -0.2) is 14.1 Å². The molecule has 0 atom stereocenters. The summed E-state index contributed by atoms with van der Waals surface area (Å²) in [6, 6.07) is 17.8. The van der Waals surface area contributed by atoms with Gasteiger partial charge in [-0.15, -0.1) is 16.4 Å². The number of amides is 1. The van der Waals surface area contributed by atoms with Crippen LogP contribution in [0.2, 0.25) is 0 Å². The van der Waals surface area contributed by atoms with Crippen molar-refractivity contribution in [2.45, 2.75) is 12.8 Å². The van der Waals surface area contributed by atoms with Gasteiger partial charge in [-0.05, 0) is 60.2 Å². The van der Waals surface area contributed by atoms with Crippen molar-refractivity contribution in [2.24, 2.45) is 0 Å². The lowest BCUT2D eigenvalue weighted by molar-refractivity contribution is 0.0975. The number of thiophene rings is 1. The summed E-state index contributed by atoms with van der Waals surface area (Å²) in [7, 11) is 0. The Labute approximate surface area is 171 Å². The minimum absolute atomic E-state index is 0.134. The van der Waals surface area contributed by atoms with Crippen molar-refractivity contribution in [3.05, 3.63) is 83.2 Å². The lowest BCUT2D eigenvalue weighted by Crippen LogP contribution is -2.36. The van der Waals surface area contributed by atoms with Crippen LogP contribution in [-0.4, -0.2) is 27.2 Å². The fraction of sp³-hybridized carbons (Fsp3) is 0.136. The first-order valence-corrected chi connectivity index (χ1v) is 10.3. The second-order valence-electron chi connectivity index (χ2n) is 6.81. The molecule has 2 aromatic carbocycles. The highest BCUT2D eigenvalue weighted by atomic mass is 32.1. The van der Waals surface area contributed by atoms with E-state index in [4.69, 9.17) is 0 Å². The van der Waals surface area contributed by atoms with Crippen LogP contribution < -0.4 is 4.90 Å². The first-order chi connectivity index (χ1) is 14.2. The standard InChI is InChI=1S/C22H17FN4OS/c23-16-9-11-17(12-10-16)27-21(19-8-4-14-29-19)24-20(25-27)22(28)26-13-3-6-15-5-1-2-7-18(15)26/h1-2,4-5,7-12,14H,3,6,13H2. The van der Waals surface area contributed by atoms with E-state index >= 15 is 0 Å². The van der Waals surface area contributed by atoms with Crippen LogP contribution in [0.15, 0.2) is 66.0 Å². The molecule has 3 heterocycles. The predicted molar refractivity (Wildman–Crippen MR) is 111 cm³/mol. The molecule has 1 aliphatic rings. The van der Waals surface area contributed by atoms with Crippen LogP contribution in [0, 0.1) is 5.82 Å². The summed E-state index contributed by atoms with van der Waals surface area (Å²) in [6.07, 6.45) is 1.86. The fourth-order valence-corrected chi connectivity index (χ4v) is 4.29. The second-order valence-corrected chi connectivity index (χ2v) is 7.76. The Morgan fingerprint density at radius 2 is 1.86 bits per heavy atom. The topological polar surface area (TPSA) is 51.0 Å². The molecule has 144 valence electrons. The zero-order chi connectivity index (χ0) is 19.8. The van der Waals surface area contributed by atoms with Crippen molar-refractivity contribution in [2.75, 3.05) is 11.4 Å². The Morgan fingerprint density at radius 3 is 2.66 bits per heavy atom. The zero-order valence-corrected chi connectivity index (χ0v) is 16.3. The van der Waals surface area contributed by atoms with Crippen molar-refractivity contribution in [1.29, 1.82) is 0 Å². The summed E-state index contributed by atoms with van der Waals surface area (Å²) in [6.45, 7) is 0.634. The summed E-state index contributed by atoms with van der Waals surface area (Å²) < 4.78 is 15.0. The monoisotopic (exact) mass is 404 g/mol. The lowest BCUT2D eigenvalue weighted by Gasteiger charge is -2.28. The number of hydrogen-bond acceptors (Lipinski definition) is 4. The zero-order valence-electron chi connectivity index (χ0n) is 15.5. The Hall–Kier alpha value is -3.32. The van der Waals surface area contributed by atoms with Gasteiger partial charge in [0.25, 0.3) is 5.91 Å². The predicted octanol–water partition coefficient (Wildman–Crippen LogP) is 4.73. The number of anilines is 1. The molecule has 0 aliphatic carbocycles. The Balaban J connectivity index is 1.59. The number of carbonyl (C=O) groups excluding carboxylic acids is 1. The van der Waals surface area contributed by atoms with Crippen LogP contribution in [0.1, 0.15) is 22.6 Å². The molecule has 7 heteroatoms. The Bertz CT molecular complexity index is 1170. The summed E-state index contributed by atoms with van der Waals surface area (Å²) in [5, 5.41) is 6.46. The number of aromatic nitrogens is 3. The van der Waals surface area contributed by atoms with Gasteiger partial charge in [0.2, 0.25) is 5.82 Å². The first kappa shape index (κ1) is 17.8. The molecule has 1 aliphatic heterocycles. The van der Waals surface area contributed by atoms with E-state index in [0.717, 1.165) is 29.0 Å². The third-order valence-electron chi connectivity index (χ3n) is 4.97. The van der Waals surface area contributed by atoms with Crippen LogP contribution in [0.3, 0.4) is 0 Å². The van der Waals surface area contributed by atoms with Gasteiger partial charge >= 0.3 is 0 Å². The van der Waals surface area contributed by atoms with E-state index < -0.39 is 0 Å². The molecule has 0 saturated heterocycles. The number of aryl methyl sites for hydroxylation is 1. The van der Waals surface area contributed by atoms with E-state index in [0.29, 0.717) is 18.1 Å². The van der Waals surface area contributed by atoms with Crippen LogP contribution >= 0.6 is 11.3 Å². The van der Waals surface area contributed by atoms with E-state index in [9.17, 15) is 9.18 Å². The summed E-state index contributed by atoms with van der Waals surface area (Å²) in [5.74, 6) is 0.151. The molecule has 0 bridgehead atoms. The molecule has 5 nitrogen and oxygen atoms in total. The number of benzene rings is 2. The van der Waals surface area contributed by atoms with Gasteiger partial charge in [-0.1, -0.05) is 24.3 Å². The summed E-state index contributed by atoms with van der Waals surface area (Å²) in [5.41, 5.74) is 2.73. The smallest absolute Gasteiger partial charge is 0.297 e. The molecule has 0 saturated carbocycles. The van der Waals surface area contributed by atoms with Crippen LogP contribution in [-0.2, 0) is 6.42 Å². The van der Waals surface area contributed by atoms with E-state index in [1.165, 1.54) is 23.5 Å². The maximum atomic E-state index is 13.4. The third-order valence-corrected chi connectivity index (χ3v) is 5.83. The van der Waals surface area contributed by atoms with Crippen LogP contribution in [0.25, 0.3) is 16.4 Å². The van der Waals surface area contributed by atoms with Gasteiger partial charge in [0.15, 0.2) is 5.82 Å². The molecule has 0 fully saturated rings. The van der Waals surface area contributed by atoms with Gasteiger partial charge in [0.05, 0.1) is 10.6 Å². The summed E-state index contributed by atoms with van der Waals surface area (Å²) in [4.78, 5) is 20.5. The normalized spacial score (nSPS) is 13.3. The van der Waals surface area contributed by atoms with Gasteiger partial charge in [0.1, 0.15) is 5.82 Å². The second kappa shape index (κ2) is 7.25. The number of hydrogen-bond donors (Lipinski definition) is 0. The van der Waals surface area contributed by atoms with Crippen molar-refractivity contribution in [1.82, 2.24) is 14.8 Å². The fourth-order valence-electron chi connectivity index (χ4n) is 3.60. The molecule has 29 heavy (non-hydrogen) atoms. The molecular weight excluding hydrogens is 387 g/mol. The van der Waals surface area contributed by atoms with Crippen LogP contribution in [0.4, 0.5) is 10.1 Å². The average Bonchev–Trinajstić information content (AvgIpc) is 3.43. The third kappa shape index (κ3) is 3.23. The molecule has 5 rings (SSSR count). The Kier molecular flexibility index (Phi) is 4.44. The number of para-hydroxylation sites is 1. The molecule has 2 aromatic heterocycles. The van der Waals surface area contributed by atoms with Gasteiger partial charge in [-0.2, -0.15) is 0 Å². The molecular formula is C22H17FN4OS. The van der Waals surface area contributed by atoms with Crippen molar-refractivity contribution >= 4 is 22.9 Å². The maximum Gasteiger partial charge on any atom is 0.297 e. The highest BCUT2D eigenvalue weighted by Gasteiger charge is 2.28. The lowest BCUT2D eigenvalue weighted by atomic mass is 10.0. The van der Waals surface area contributed by atoms with Crippen molar-refractivity contribution in [3.63, 3.8) is 0 Å². The average molecular weight is 404 g/mol. The molecule has 0 unspecified atom stereocenters. The minimum Gasteiger partial charge on any atom is -0.305 e. The van der Waals surface area contributed by atoms with Gasteiger partial charge in [0, 0.05) is 12.2 Å². The van der Waals surface area contributed by atoms with Crippen molar-refractivity contribution in [3.8, 4) is 16.4 Å². The molecule has 0 N–H and O–H groups in total. The van der Waals surface area contributed by atoms with E-state index in [1.54, 1.807) is 21.7 Å². The molecule has 0 spiro atoms. The van der Waals surface area contributed by atoms with E-state index in [2.05, 4.69) is 16.1 Å². The van der Waals surface area contributed by atoms with Crippen LogP contribution in [0.5, 0.6) is 0 Å². The number of fused-ring (bicyclic) bond motifs is 1. The van der Waals surface area contributed by atoms with E-state index in [1.807, 2.05) is 35.7 Å². The van der Waals surface area contributed by atoms with E-state index in [-0.39, 0.29) is 17.5 Å². The number of rotatable bonds is 3. The summed E-state index contributed by atoms with van der Waals surface area (Å²) >= 11 is 1.51. The number of carbonyl (C=O) groups is 1. The molecule has 0 radical (unpaired) electrons. The quantitative estimate of drug-likeness (QED) is 0.496. The first-order valence-electron chi connectivity index (χ1n) is 9.37. The van der Waals surface area contributed by atoms with Gasteiger partial charge in [-0.3, -0.25) is 4.79 Å². The minimum atomic E-state index is -0.326. The number of nitrogens with zero attached hydrogens (tertiary/aromatic N) is 4.